The van der Waals surface area contributed by atoms with Crippen molar-refractivity contribution in [3.05, 3.63) is 53.9 Å². The Kier molecular flexibility index (Phi) is 15.6. The predicted octanol–water partition coefficient (Wildman–Crippen LogP) is 7.72. The third-order valence-electron chi connectivity index (χ3n) is 7.02. The largest absolute Gasteiger partial charge is 0.493 e. The van der Waals surface area contributed by atoms with Crippen LogP contribution in [-0.4, -0.2) is 25.7 Å². The first-order valence-corrected chi connectivity index (χ1v) is 15.5. The minimum atomic E-state index is -0.106. The first-order valence-electron chi connectivity index (χ1n) is 15.5. The maximum Gasteiger partial charge on any atom is 0.257 e. The van der Waals surface area contributed by atoms with E-state index in [0.717, 1.165) is 43.7 Å². The second-order valence-corrected chi connectivity index (χ2v) is 11.8. The standard InChI is InChI=1S/C34H54N2O3/c1-6-8-9-10-11-12-13-14-15-16-25-38-32-20-19-30(26-31(32)34(3,4)5)39-28-33(37)35-22-21-29-18-17-24-36(27-29)23-7-2/h17-20,24,26-27H,6-16,21-23,25,28H2,1-5H3/p+1. The second kappa shape index (κ2) is 18.7. The van der Waals surface area contributed by atoms with Crippen LogP contribution in [0.4, 0.5) is 0 Å². The number of aryl methyl sites for hydroxylation is 1. The number of hydrogen-bond acceptors (Lipinski definition) is 3. The monoisotopic (exact) mass is 539 g/mol. The van der Waals surface area contributed by atoms with Crippen molar-refractivity contribution >= 4 is 5.91 Å². The number of pyridine rings is 1. The molecule has 1 aromatic heterocycles. The summed E-state index contributed by atoms with van der Waals surface area (Å²) in [5.41, 5.74) is 2.24. The van der Waals surface area contributed by atoms with E-state index in [-0.39, 0.29) is 17.9 Å². The van der Waals surface area contributed by atoms with Gasteiger partial charge in [0.25, 0.3) is 5.91 Å². The van der Waals surface area contributed by atoms with Crippen molar-refractivity contribution in [3.8, 4) is 11.5 Å². The van der Waals surface area contributed by atoms with Crippen molar-refractivity contribution in [2.75, 3.05) is 19.8 Å². The number of unbranched alkanes of at least 4 members (excludes halogenated alkanes) is 9. The van der Waals surface area contributed by atoms with Gasteiger partial charge in [-0.3, -0.25) is 4.79 Å². The van der Waals surface area contributed by atoms with Crippen LogP contribution >= 0.6 is 0 Å². The van der Waals surface area contributed by atoms with E-state index in [1.54, 1.807) is 0 Å². The number of nitrogens with one attached hydrogen (secondary N) is 1. The van der Waals surface area contributed by atoms with Crippen LogP contribution in [0.15, 0.2) is 42.7 Å². The zero-order valence-electron chi connectivity index (χ0n) is 25.5. The van der Waals surface area contributed by atoms with Gasteiger partial charge in [0.05, 0.1) is 6.61 Å². The van der Waals surface area contributed by atoms with Gasteiger partial charge in [0.2, 0.25) is 0 Å². The SMILES string of the molecule is CCCCCCCCCCCCOc1ccc(OCC(=O)NCCc2ccc[n+](CCC)c2)cc1C(C)(C)C. The highest BCUT2D eigenvalue weighted by atomic mass is 16.5. The average Bonchev–Trinajstić information content (AvgIpc) is 2.91. The number of carbonyl (C=O) groups is 1. The van der Waals surface area contributed by atoms with Crippen LogP contribution in [0.25, 0.3) is 0 Å². The van der Waals surface area contributed by atoms with E-state index in [1.807, 2.05) is 18.2 Å². The number of aromatic nitrogens is 1. The Balaban J connectivity index is 1.72. The normalized spacial score (nSPS) is 11.4. The zero-order chi connectivity index (χ0) is 28.3. The summed E-state index contributed by atoms with van der Waals surface area (Å²) < 4.78 is 14.2. The molecule has 0 saturated heterocycles. The lowest BCUT2D eigenvalue weighted by Crippen LogP contribution is -2.34. The molecular weight excluding hydrogens is 484 g/mol. The van der Waals surface area contributed by atoms with Gasteiger partial charge in [-0.1, -0.05) is 92.4 Å². The fourth-order valence-electron chi connectivity index (χ4n) is 4.75. The second-order valence-electron chi connectivity index (χ2n) is 11.8. The lowest BCUT2D eigenvalue weighted by Gasteiger charge is -2.24. The van der Waals surface area contributed by atoms with E-state index in [1.165, 1.54) is 63.4 Å². The molecule has 1 N–H and O–H groups in total. The summed E-state index contributed by atoms with van der Waals surface area (Å²) in [5, 5.41) is 2.97. The zero-order valence-corrected chi connectivity index (χ0v) is 25.5. The van der Waals surface area contributed by atoms with Crippen LogP contribution < -0.4 is 19.4 Å². The minimum Gasteiger partial charge on any atom is -0.493 e. The molecule has 0 fully saturated rings. The van der Waals surface area contributed by atoms with Crippen LogP contribution in [0.1, 0.15) is 116 Å². The first-order chi connectivity index (χ1) is 18.8. The molecule has 2 rings (SSSR count). The molecule has 1 amide bonds. The van der Waals surface area contributed by atoms with Crippen LogP contribution in [0.2, 0.25) is 0 Å². The Morgan fingerprint density at radius 1 is 0.872 bits per heavy atom. The number of rotatable bonds is 20. The Hall–Kier alpha value is -2.56. The lowest BCUT2D eigenvalue weighted by molar-refractivity contribution is -0.697. The van der Waals surface area contributed by atoms with Crippen molar-refractivity contribution < 1.29 is 18.8 Å². The Bertz CT molecular complexity index is 952. The predicted molar refractivity (Wildman–Crippen MR) is 162 cm³/mol. The molecule has 0 aliphatic carbocycles. The Morgan fingerprint density at radius 3 is 2.23 bits per heavy atom. The fraction of sp³-hybridized carbons (Fsp3) is 0.647. The molecule has 1 aromatic carbocycles. The van der Waals surface area contributed by atoms with Crippen molar-refractivity contribution in [2.24, 2.45) is 0 Å². The molecule has 0 aliphatic rings. The van der Waals surface area contributed by atoms with E-state index >= 15 is 0 Å². The maximum atomic E-state index is 12.4. The van der Waals surface area contributed by atoms with Crippen LogP contribution in [0.5, 0.6) is 11.5 Å². The molecule has 0 saturated carbocycles. The molecule has 0 atom stereocenters. The van der Waals surface area contributed by atoms with Crippen LogP contribution in [-0.2, 0) is 23.2 Å². The molecule has 5 nitrogen and oxygen atoms in total. The van der Waals surface area contributed by atoms with Crippen molar-refractivity contribution in [3.63, 3.8) is 0 Å². The number of hydrogen-bond donors (Lipinski definition) is 1. The van der Waals surface area contributed by atoms with Crippen molar-refractivity contribution in [1.29, 1.82) is 0 Å². The minimum absolute atomic E-state index is 0.00696. The molecule has 0 bridgehead atoms. The third-order valence-corrected chi connectivity index (χ3v) is 7.02. The summed E-state index contributed by atoms with van der Waals surface area (Å²) in [5.74, 6) is 1.51. The highest BCUT2D eigenvalue weighted by Gasteiger charge is 2.20. The van der Waals surface area contributed by atoms with Gasteiger partial charge in [-0.05, 0) is 42.5 Å². The summed E-state index contributed by atoms with van der Waals surface area (Å²) in [6, 6.07) is 10.1. The van der Waals surface area contributed by atoms with Crippen LogP contribution in [0, 0.1) is 0 Å². The van der Waals surface area contributed by atoms with E-state index in [0.29, 0.717) is 12.3 Å². The van der Waals surface area contributed by atoms with Gasteiger partial charge in [-0.15, -0.1) is 0 Å². The van der Waals surface area contributed by atoms with Gasteiger partial charge in [0.15, 0.2) is 19.0 Å². The van der Waals surface area contributed by atoms with E-state index in [2.05, 4.69) is 69.0 Å². The molecular formula is C34H55N2O3+. The Morgan fingerprint density at radius 2 is 1.56 bits per heavy atom. The lowest BCUT2D eigenvalue weighted by atomic mass is 9.86. The molecule has 0 spiro atoms. The number of ether oxygens (including phenoxy) is 2. The van der Waals surface area contributed by atoms with Crippen LogP contribution in [0.3, 0.4) is 0 Å². The number of benzene rings is 1. The molecule has 2 aromatic rings. The average molecular weight is 540 g/mol. The highest BCUT2D eigenvalue weighted by Crippen LogP contribution is 2.34. The van der Waals surface area contributed by atoms with Crippen molar-refractivity contribution in [2.45, 2.75) is 124 Å². The smallest absolute Gasteiger partial charge is 0.257 e. The highest BCUT2D eigenvalue weighted by molar-refractivity contribution is 5.77. The molecule has 39 heavy (non-hydrogen) atoms. The number of carbonyl (C=O) groups excluding carboxylic acids is 1. The van der Waals surface area contributed by atoms with Gasteiger partial charge in [0.1, 0.15) is 18.0 Å². The molecule has 218 valence electrons. The van der Waals surface area contributed by atoms with Gasteiger partial charge in [-0.2, -0.15) is 0 Å². The van der Waals surface area contributed by atoms with Gasteiger partial charge in [-0.25, -0.2) is 4.57 Å². The summed E-state index contributed by atoms with van der Waals surface area (Å²) in [6.07, 6.45) is 19.3. The molecule has 0 aliphatic heterocycles. The van der Waals surface area contributed by atoms with E-state index in [9.17, 15) is 4.79 Å². The first kappa shape index (κ1) is 32.7. The third kappa shape index (κ3) is 13.9. The Labute approximate surface area is 238 Å². The molecule has 0 unspecified atom stereocenters. The topological polar surface area (TPSA) is 51.4 Å². The van der Waals surface area contributed by atoms with Gasteiger partial charge in [0, 0.05) is 30.2 Å². The summed E-state index contributed by atoms with van der Waals surface area (Å²) in [6.45, 7) is 13.3. The van der Waals surface area contributed by atoms with E-state index in [4.69, 9.17) is 9.47 Å². The summed E-state index contributed by atoms with van der Waals surface area (Å²) in [4.78, 5) is 12.4. The molecule has 0 radical (unpaired) electrons. The summed E-state index contributed by atoms with van der Waals surface area (Å²) >= 11 is 0. The van der Waals surface area contributed by atoms with Gasteiger partial charge >= 0.3 is 0 Å². The molecule has 5 heteroatoms. The fourth-order valence-corrected chi connectivity index (χ4v) is 4.75. The quantitative estimate of drug-likeness (QED) is 0.138. The van der Waals surface area contributed by atoms with Crippen molar-refractivity contribution in [1.82, 2.24) is 5.32 Å². The van der Waals surface area contributed by atoms with Gasteiger partial charge < -0.3 is 14.8 Å². The number of amides is 1. The molecule has 1 heterocycles. The van der Waals surface area contributed by atoms with E-state index < -0.39 is 0 Å². The maximum absolute atomic E-state index is 12.4. The number of nitrogens with zero attached hydrogens (tertiary/aromatic N) is 1. The summed E-state index contributed by atoms with van der Waals surface area (Å²) in [7, 11) is 0.